The normalized spacial score (nSPS) is 17.0. The van der Waals surface area contributed by atoms with Crippen molar-refractivity contribution in [3.63, 3.8) is 0 Å². The van der Waals surface area contributed by atoms with E-state index in [9.17, 15) is 53.9 Å². The number of ether oxygens (including phenoxy) is 2. The predicted molar refractivity (Wildman–Crippen MR) is 146 cm³/mol. The molecule has 250 valence electrons. The van der Waals surface area contributed by atoms with Gasteiger partial charge in [-0.2, -0.15) is 26.3 Å². The molecule has 3 aromatic rings. The first-order chi connectivity index (χ1) is 21.8. The van der Waals surface area contributed by atoms with Gasteiger partial charge in [-0.3, -0.25) is 14.4 Å². The van der Waals surface area contributed by atoms with E-state index in [1.165, 1.54) is 11.0 Å². The Morgan fingerprint density at radius 3 is 2.11 bits per heavy atom. The van der Waals surface area contributed by atoms with Crippen LogP contribution in [0.25, 0.3) is 11.1 Å². The molecule has 5 rings (SSSR count). The number of carbonyl (C=O) groups excluding carboxylic acids is 3. The van der Waals surface area contributed by atoms with Gasteiger partial charge in [-0.15, -0.1) is 13.2 Å². The summed E-state index contributed by atoms with van der Waals surface area (Å²) in [7, 11) is 0. The first-order valence-electron chi connectivity index (χ1n) is 13.3. The highest BCUT2D eigenvalue weighted by molar-refractivity contribution is 6.32. The average molecular weight is 696 g/mol. The fourth-order valence-corrected chi connectivity index (χ4v) is 5.23. The maximum atomic E-state index is 13.5. The smallest absolute Gasteiger partial charge is 0.482 e. The van der Waals surface area contributed by atoms with Crippen molar-refractivity contribution in [1.29, 1.82) is 0 Å². The number of benzene rings is 3. The van der Waals surface area contributed by atoms with Crippen LogP contribution in [0, 0.1) is 0 Å². The highest BCUT2D eigenvalue weighted by Crippen LogP contribution is 2.40. The lowest BCUT2D eigenvalue weighted by Gasteiger charge is -2.39. The Hall–Kier alpha value is -4.67. The number of anilines is 1. The Balaban J connectivity index is 1.32. The van der Waals surface area contributed by atoms with E-state index in [0.29, 0.717) is 12.1 Å². The molecule has 1 fully saturated rings. The number of hydrogen-bond donors (Lipinski definition) is 1. The summed E-state index contributed by atoms with van der Waals surface area (Å²) in [6.07, 6.45) is -15.1. The highest BCUT2D eigenvalue weighted by atomic mass is 35.5. The molecule has 1 N–H and O–H groups in total. The molecule has 2 heterocycles. The van der Waals surface area contributed by atoms with E-state index in [1.807, 2.05) is 0 Å². The van der Waals surface area contributed by atoms with E-state index in [0.717, 1.165) is 35.2 Å². The Morgan fingerprint density at radius 2 is 1.51 bits per heavy atom. The first kappa shape index (κ1) is 33.7. The van der Waals surface area contributed by atoms with Crippen LogP contribution < -0.4 is 14.8 Å². The molecule has 47 heavy (non-hydrogen) atoms. The number of halogens is 10. The Kier molecular flexibility index (Phi) is 8.72. The van der Waals surface area contributed by atoms with Gasteiger partial charge in [-0.05, 0) is 53.6 Å². The number of amides is 3. The minimum absolute atomic E-state index is 0.0213. The average Bonchev–Trinajstić information content (AvgIpc) is 3.07. The SMILES string of the molecule is O=C1Nc2ccc(-c3cc(C(F)(F)F)cc(C(F)(F)F)c3)cc2C(=O)N2CCN(C(=O)COc3ccc(OC(F)(F)F)cc3Cl)C[C@@H]12. The number of alkyl halides is 9. The molecule has 3 aromatic carbocycles. The zero-order valence-electron chi connectivity index (χ0n) is 23.3. The van der Waals surface area contributed by atoms with Gasteiger partial charge in [0.25, 0.3) is 11.8 Å². The van der Waals surface area contributed by atoms with Gasteiger partial charge in [0.1, 0.15) is 17.5 Å². The summed E-state index contributed by atoms with van der Waals surface area (Å²) in [5.74, 6) is -2.89. The largest absolute Gasteiger partial charge is 0.573 e. The molecule has 0 unspecified atom stereocenters. The highest BCUT2D eigenvalue weighted by Gasteiger charge is 2.41. The van der Waals surface area contributed by atoms with Crippen molar-refractivity contribution in [3.05, 3.63) is 76.3 Å². The fourth-order valence-electron chi connectivity index (χ4n) is 5.01. The van der Waals surface area contributed by atoms with Crippen LogP contribution in [-0.4, -0.2) is 66.2 Å². The molecule has 18 heteroatoms. The zero-order chi connectivity index (χ0) is 34.5. The van der Waals surface area contributed by atoms with Crippen molar-refractivity contribution in [2.45, 2.75) is 24.8 Å². The van der Waals surface area contributed by atoms with E-state index in [-0.39, 0.29) is 53.3 Å². The van der Waals surface area contributed by atoms with Crippen LogP contribution in [0.15, 0.2) is 54.6 Å². The monoisotopic (exact) mass is 695 g/mol. The van der Waals surface area contributed by atoms with E-state index in [1.54, 1.807) is 0 Å². The summed E-state index contributed by atoms with van der Waals surface area (Å²) >= 11 is 5.93. The van der Waals surface area contributed by atoms with Crippen molar-refractivity contribution in [3.8, 4) is 22.6 Å². The maximum Gasteiger partial charge on any atom is 0.573 e. The second-order valence-corrected chi connectivity index (χ2v) is 10.7. The van der Waals surface area contributed by atoms with Crippen molar-refractivity contribution in [1.82, 2.24) is 9.80 Å². The Labute approximate surface area is 263 Å². The molecule has 1 atom stereocenters. The summed E-state index contributed by atoms with van der Waals surface area (Å²) in [6.45, 7) is -1.23. The standard InChI is InChI=1S/C29H19ClF9N3O5/c30-20-11-18(47-29(37,38)39)2-4-23(20)46-13-24(43)41-5-6-42-22(12-41)25(44)40-21-3-1-14(9-19(21)26(42)45)15-7-16(27(31,32)33)10-17(8-15)28(34,35)36/h1-4,7-11,22H,5-6,12-13H2,(H,40,44)/t22-/m0/s1. The fraction of sp³-hybridized carbons (Fsp3) is 0.276. The van der Waals surface area contributed by atoms with Gasteiger partial charge in [-0.1, -0.05) is 17.7 Å². The molecule has 1 saturated heterocycles. The van der Waals surface area contributed by atoms with Gasteiger partial charge in [0, 0.05) is 19.2 Å². The van der Waals surface area contributed by atoms with Gasteiger partial charge in [0.05, 0.1) is 33.9 Å². The number of hydrogen-bond acceptors (Lipinski definition) is 5. The van der Waals surface area contributed by atoms with Crippen LogP contribution >= 0.6 is 11.6 Å². The molecular formula is C29H19ClF9N3O5. The van der Waals surface area contributed by atoms with E-state index >= 15 is 0 Å². The zero-order valence-corrected chi connectivity index (χ0v) is 24.1. The third-order valence-electron chi connectivity index (χ3n) is 7.21. The minimum Gasteiger partial charge on any atom is -0.482 e. The summed E-state index contributed by atoms with van der Waals surface area (Å²) < 4.78 is 127. The van der Waals surface area contributed by atoms with Gasteiger partial charge >= 0.3 is 18.7 Å². The molecule has 3 amide bonds. The van der Waals surface area contributed by atoms with Crippen molar-refractivity contribution >= 4 is 35.0 Å². The van der Waals surface area contributed by atoms with Gasteiger partial charge in [0.15, 0.2) is 6.61 Å². The third kappa shape index (κ3) is 7.50. The van der Waals surface area contributed by atoms with E-state index in [2.05, 4.69) is 10.1 Å². The van der Waals surface area contributed by atoms with Crippen LogP contribution in [0.4, 0.5) is 45.2 Å². The topological polar surface area (TPSA) is 88.2 Å². The number of piperazine rings is 1. The van der Waals surface area contributed by atoms with Gasteiger partial charge < -0.3 is 24.6 Å². The number of nitrogens with zero attached hydrogens (tertiary/aromatic N) is 2. The number of fused-ring (bicyclic) bond motifs is 2. The molecule has 2 aliphatic heterocycles. The predicted octanol–water partition coefficient (Wildman–Crippen LogP) is 6.63. The number of carbonyl (C=O) groups is 3. The van der Waals surface area contributed by atoms with E-state index in [4.69, 9.17) is 16.3 Å². The molecule has 0 aliphatic carbocycles. The van der Waals surface area contributed by atoms with Crippen LogP contribution in [0.5, 0.6) is 11.5 Å². The summed E-state index contributed by atoms with van der Waals surface area (Å²) in [4.78, 5) is 41.9. The summed E-state index contributed by atoms with van der Waals surface area (Å²) in [6, 6.07) is 6.01. The molecule has 0 spiro atoms. The molecule has 0 saturated carbocycles. The van der Waals surface area contributed by atoms with Crippen LogP contribution in [-0.2, 0) is 21.9 Å². The maximum absolute atomic E-state index is 13.5. The molecule has 2 aliphatic rings. The molecule has 0 bridgehead atoms. The number of rotatable bonds is 5. The van der Waals surface area contributed by atoms with Crippen LogP contribution in [0.3, 0.4) is 0 Å². The third-order valence-corrected chi connectivity index (χ3v) is 7.51. The Morgan fingerprint density at radius 1 is 0.851 bits per heavy atom. The van der Waals surface area contributed by atoms with Crippen molar-refractivity contribution in [2.24, 2.45) is 0 Å². The quantitative estimate of drug-likeness (QED) is 0.303. The molecule has 0 aromatic heterocycles. The van der Waals surface area contributed by atoms with E-state index < -0.39 is 71.5 Å². The van der Waals surface area contributed by atoms with Crippen molar-refractivity contribution in [2.75, 3.05) is 31.6 Å². The van der Waals surface area contributed by atoms with Crippen LogP contribution in [0.2, 0.25) is 5.02 Å². The second kappa shape index (κ2) is 12.2. The van der Waals surface area contributed by atoms with Crippen molar-refractivity contribution < 1.29 is 63.4 Å². The number of nitrogens with one attached hydrogen (secondary N) is 1. The van der Waals surface area contributed by atoms with Gasteiger partial charge in [-0.25, -0.2) is 0 Å². The Bertz CT molecular complexity index is 1710. The molecular weight excluding hydrogens is 677 g/mol. The molecule has 8 nitrogen and oxygen atoms in total. The summed E-state index contributed by atoms with van der Waals surface area (Å²) in [5, 5.41) is 2.23. The first-order valence-corrected chi connectivity index (χ1v) is 13.7. The lowest BCUT2D eigenvalue weighted by molar-refractivity contribution is -0.274. The second-order valence-electron chi connectivity index (χ2n) is 10.3. The summed E-state index contributed by atoms with van der Waals surface area (Å²) in [5.41, 5.74) is -3.94. The lowest BCUT2D eigenvalue weighted by atomic mass is 9.96. The minimum atomic E-state index is -5.09. The van der Waals surface area contributed by atoms with Gasteiger partial charge in [0.2, 0.25) is 5.91 Å². The lowest BCUT2D eigenvalue weighted by Crippen LogP contribution is -2.60. The van der Waals surface area contributed by atoms with Crippen LogP contribution in [0.1, 0.15) is 21.5 Å². The molecule has 0 radical (unpaired) electrons.